The topological polar surface area (TPSA) is 29.5 Å². The fourth-order valence-corrected chi connectivity index (χ4v) is 3.20. The number of carbonyl (C=O) groups excluding carboxylic acids is 1. The van der Waals surface area contributed by atoms with Crippen molar-refractivity contribution in [1.82, 2.24) is 0 Å². The molecule has 1 saturated heterocycles. The van der Waals surface area contributed by atoms with E-state index in [2.05, 4.69) is 29.2 Å². The average molecular weight is 259 g/mol. The van der Waals surface area contributed by atoms with Crippen molar-refractivity contribution >= 4 is 11.7 Å². The highest BCUT2D eigenvalue weighted by Crippen LogP contribution is 2.44. The van der Waals surface area contributed by atoms with Crippen LogP contribution in [0.1, 0.15) is 38.7 Å². The smallest absolute Gasteiger partial charge is 0.311 e. The second-order valence-corrected chi connectivity index (χ2v) is 6.63. The highest BCUT2D eigenvalue weighted by atomic mass is 16.6. The molecule has 0 N–H and O–H groups in total. The molecule has 1 aromatic carbocycles. The largest absolute Gasteiger partial charge is 0.460 e. The number of anilines is 1. The third-order valence-electron chi connectivity index (χ3n) is 3.91. The molecule has 102 valence electrons. The van der Waals surface area contributed by atoms with E-state index in [9.17, 15) is 4.79 Å². The van der Waals surface area contributed by atoms with Crippen molar-refractivity contribution in [2.75, 3.05) is 18.0 Å². The Labute approximate surface area is 114 Å². The summed E-state index contributed by atoms with van der Waals surface area (Å²) in [5.41, 5.74) is 2.31. The van der Waals surface area contributed by atoms with Crippen LogP contribution in [0.2, 0.25) is 0 Å². The van der Waals surface area contributed by atoms with Crippen LogP contribution in [0.3, 0.4) is 0 Å². The molecule has 19 heavy (non-hydrogen) atoms. The number of rotatable bonds is 1. The maximum absolute atomic E-state index is 12.2. The zero-order valence-corrected chi connectivity index (χ0v) is 11.8. The van der Waals surface area contributed by atoms with Gasteiger partial charge in [0.05, 0.1) is 5.92 Å². The molecule has 1 fully saturated rings. The molecule has 3 heteroatoms. The van der Waals surface area contributed by atoms with E-state index in [1.807, 2.05) is 20.8 Å². The fourth-order valence-electron chi connectivity index (χ4n) is 3.20. The summed E-state index contributed by atoms with van der Waals surface area (Å²) in [6, 6.07) is 8.51. The Morgan fingerprint density at radius 3 is 2.74 bits per heavy atom. The third kappa shape index (κ3) is 2.34. The molecule has 0 radical (unpaired) electrons. The lowest BCUT2D eigenvalue weighted by atomic mass is 9.88. The second-order valence-electron chi connectivity index (χ2n) is 6.63. The van der Waals surface area contributed by atoms with Gasteiger partial charge in [-0.1, -0.05) is 18.2 Å². The van der Waals surface area contributed by atoms with Crippen LogP contribution >= 0.6 is 0 Å². The maximum Gasteiger partial charge on any atom is 0.311 e. The van der Waals surface area contributed by atoms with Gasteiger partial charge in [-0.05, 0) is 38.8 Å². The van der Waals surface area contributed by atoms with E-state index < -0.39 is 5.60 Å². The van der Waals surface area contributed by atoms with Crippen molar-refractivity contribution in [3.05, 3.63) is 29.8 Å². The van der Waals surface area contributed by atoms with Crippen LogP contribution in [0, 0.1) is 5.92 Å². The third-order valence-corrected chi connectivity index (χ3v) is 3.91. The highest BCUT2D eigenvalue weighted by Gasteiger charge is 2.40. The molecule has 0 aliphatic carbocycles. The van der Waals surface area contributed by atoms with Crippen LogP contribution < -0.4 is 4.90 Å². The monoisotopic (exact) mass is 259 g/mol. The number of ether oxygens (including phenoxy) is 1. The fraction of sp³-hybridized carbons (Fsp3) is 0.562. The van der Waals surface area contributed by atoms with E-state index in [4.69, 9.17) is 4.74 Å². The summed E-state index contributed by atoms with van der Waals surface area (Å²) in [6.07, 6.45) is 0.919. The van der Waals surface area contributed by atoms with Crippen molar-refractivity contribution in [3.8, 4) is 0 Å². The van der Waals surface area contributed by atoms with Gasteiger partial charge in [-0.25, -0.2) is 0 Å². The van der Waals surface area contributed by atoms with Crippen LogP contribution in [0.5, 0.6) is 0 Å². The number of hydrogen-bond donors (Lipinski definition) is 0. The van der Waals surface area contributed by atoms with Gasteiger partial charge in [0.2, 0.25) is 0 Å². The lowest BCUT2D eigenvalue weighted by molar-refractivity contribution is -0.160. The lowest BCUT2D eigenvalue weighted by Crippen LogP contribution is -2.40. The van der Waals surface area contributed by atoms with Gasteiger partial charge in [-0.2, -0.15) is 0 Å². The minimum absolute atomic E-state index is 0.00498. The molecule has 3 rings (SSSR count). The Morgan fingerprint density at radius 2 is 2.00 bits per heavy atom. The second kappa shape index (κ2) is 4.26. The first kappa shape index (κ1) is 12.5. The summed E-state index contributed by atoms with van der Waals surface area (Å²) in [5.74, 6) is 0.447. The van der Waals surface area contributed by atoms with Gasteiger partial charge in [0.15, 0.2) is 0 Å². The average Bonchev–Trinajstić information content (AvgIpc) is 2.60. The van der Waals surface area contributed by atoms with Gasteiger partial charge in [-0.15, -0.1) is 0 Å². The van der Waals surface area contributed by atoms with Gasteiger partial charge < -0.3 is 9.64 Å². The lowest BCUT2D eigenvalue weighted by Gasteiger charge is -2.32. The molecule has 2 unspecified atom stereocenters. The van der Waals surface area contributed by atoms with Crippen LogP contribution in [-0.2, 0) is 9.53 Å². The highest BCUT2D eigenvalue weighted by molar-refractivity contribution is 5.76. The molecule has 0 amide bonds. The molecule has 2 bridgehead atoms. The Hall–Kier alpha value is -1.51. The number of fused-ring (bicyclic) bond motifs is 5. The normalized spacial score (nSPS) is 25.1. The first-order chi connectivity index (χ1) is 8.94. The van der Waals surface area contributed by atoms with Gasteiger partial charge in [-0.3, -0.25) is 4.79 Å². The standard InChI is InChI=1S/C16H21NO2/c1-16(2,3)19-15(18)12-8-11-9-17(10-12)14-7-5-4-6-13(11)14/h4-7,11-12H,8-10H2,1-3H3. The molecule has 3 nitrogen and oxygen atoms in total. The predicted octanol–water partition coefficient (Wildman–Crippen LogP) is 2.95. The minimum atomic E-state index is -0.393. The van der Waals surface area contributed by atoms with Gasteiger partial charge >= 0.3 is 5.97 Å². The summed E-state index contributed by atoms with van der Waals surface area (Å²) in [5, 5.41) is 0. The van der Waals surface area contributed by atoms with E-state index in [-0.39, 0.29) is 11.9 Å². The van der Waals surface area contributed by atoms with E-state index >= 15 is 0 Å². The van der Waals surface area contributed by atoms with E-state index in [1.54, 1.807) is 0 Å². The Balaban J connectivity index is 1.77. The van der Waals surface area contributed by atoms with Crippen molar-refractivity contribution in [3.63, 3.8) is 0 Å². The molecule has 0 saturated carbocycles. The molecule has 2 aliphatic rings. The van der Waals surface area contributed by atoms with Crippen LogP contribution in [0.4, 0.5) is 5.69 Å². The SMILES string of the molecule is CC(C)(C)OC(=O)C1CC2CN(C1)c1ccccc12. The molecule has 2 aliphatic heterocycles. The summed E-state index contributed by atoms with van der Waals surface area (Å²) < 4.78 is 5.53. The predicted molar refractivity (Wildman–Crippen MR) is 75.3 cm³/mol. The first-order valence-electron chi connectivity index (χ1n) is 7.01. The van der Waals surface area contributed by atoms with Crippen molar-refractivity contribution in [2.24, 2.45) is 5.92 Å². The van der Waals surface area contributed by atoms with Crippen LogP contribution in [0.15, 0.2) is 24.3 Å². The Bertz CT molecular complexity index is 473. The zero-order valence-electron chi connectivity index (χ0n) is 11.8. The number of esters is 1. The van der Waals surface area contributed by atoms with Crippen LogP contribution in [0.25, 0.3) is 0 Å². The summed E-state index contributed by atoms with van der Waals surface area (Å²) >= 11 is 0. The van der Waals surface area contributed by atoms with Crippen molar-refractivity contribution in [1.29, 1.82) is 0 Å². The number of nitrogens with zero attached hydrogens (tertiary/aromatic N) is 1. The van der Waals surface area contributed by atoms with E-state index in [0.29, 0.717) is 5.92 Å². The minimum Gasteiger partial charge on any atom is -0.460 e. The number of carbonyl (C=O) groups is 1. The number of hydrogen-bond acceptors (Lipinski definition) is 3. The number of piperidine rings is 1. The zero-order chi connectivity index (χ0) is 13.6. The van der Waals surface area contributed by atoms with Crippen LogP contribution in [-0.4, -0.2) is 24.7 Å². The van der Waals surface area contributed by atoms with E-state index in [1.165, 1.54) is 11.3 Å². The van der Waals surface area contributed by atoms with Gasteiger partial charge in [0, 0.05) is 24.7 Å². The molecular formula is C16H21NO2. The van der Waals surface area contributed by atoms with Crippen molar-refractivity contribution < 1.29 is 9.53 Å². The van der Waals surface area contributed by atoms with E-state index in [0.717, 1.165) is 19.5 Å². The Kier molecular flexibility index (Phi) is 2.80. The quantitative estimate of drug-likeness (QED) is 0.726. The number of benzene rings is 1. The summed E-state index contributed by atoms with van der Waals surface area (Å²) in [6.45, 7) is 7.63. The van der Waals surface area contributed by atoms with Crippen molar-refractivity contribution in [2.45, 2.75) is 38.7 Å². The maximum atomic E-state index is 12.2. The molecule has 0 aromatic heterocycles. The molecule has 0 spiro atoms. The van der Waals surface area contributed by atoms with Gasteiger partial charge in [0.25, 0.3) is 0 Å². The molecule has 1 aromatic rings. The van der Waals surface area contributed by atoms with Gasteiger partial charge in [0.1, 0.15) is 5.60 Å². The molecular weight excluding hydrogens is 238 g/mol. The number of para-hydroxylation sites is 1. The molecule has 2 heterocycles. The summed E-state index contributed by atoms with van der Waals surface area (Å²) in [7, 11) is 0. The molecule has 2 atom stereocenters. The summed E-state index contributed by atoms with van der Waals surface area (Å²) in [4.78, 5) is 14.6. The first-order valence-corrected chi connectivity index (χ1v) is 7.01. The Morgan fingerprint density at radius 1 is 1.26 bits per heavy atom.